The van der Waals surface area contributed by atoms with E-state index in [0.29, 0.717) is 17.6 Å². The van der Waals surface area contributed by atoms with Gasteiger partial charge in [-0.05, 0) is 30.5 Å². The molecule has 1 aliphatic carbocycles. The largest absolute Gasteiger partial charge is 0.417 e. The summed E-state index contributed by atoms with van der Waals surface area (Å²) >= 11 is 0. The van der Waals surface area contributed by atoms with E-state index < -0.39 is 5.76 Å². The molecule has 1 heterocycles. The first-order valence-electron chi connectivity index (χ1n) is 6.27. The Kier molecular flexibility index (Phi) is 2.87. The van der Waals surface area contributed by atoms with Crippen molar-refractivity contribution in [1.82, 2.24) is 10.3 Å². The SMILES string of the molecule is NC1CC(C(=O)NCc2ccc3[nH]c(=O)oc3c2)C1. The molecule has 1 aromatic heterocycles. The van der Waals surface area contributed by atoms with Crippen LogP contribution in [0.15, 0.2) is 27.4 Å². The van der Waals surface area contributed by atoms with E-state index in [0.717, 1.165) is 18.4 Å². The molecule has 0 unspecified atom stereocenters. The van der Waals surface area contributed by atoms with Gasteiger partial charge in [-0.25, -0.2) is 4.79 Å². The maximum Gasteiger partial charge on any atom is 0.417 e. The summed E-state index contributed by atoms with van der Waals surface area (Å²) in [4.78, 5) is 25.4. The number of nitrogens with one attached hydrogen (secondary N) is 2. The van der Waals surface area contributed by atoms with Gasteiger partial charge in [-0.15, -0.1) is 0 Å². The summed E-state index contributed by atoms with van der Waals surface area (Å²) < 4.78 is 4.97. The van der Waals surface area contributed by atoms with Crippen molar-refractivity contribution in [2.45, 2.75) is 25.4 Å². The van der Waals surface area contributed by atoms with Crippen molar-refractivity contribution >= 4 is 17.0 Å². The molecule has 1 amide bonds. The molecule has 0 spiro atoms. The van der Waals surface area contributed by atoms with Gasteiger partial charge in [0.05, 0.1) is 5.52 Å². The molecule has 1 aromatic carbocycles. The third-order valence-electron chi connectivity index (χ3n) is 3.50. The molecule has 0 atom stereocenters. The van der Waals surface area contributed by atoms with Crippen LogP contribution in [0.5, 0.6) is 0 Å². The average Bonchev–Trinajstić information content (AvgIpc) is 2.71. The van der Waals surface area contributed by atoms with Crippen LogP contribution in [0.3, 0.4) is 0 Å². The van der Waals surface area contributed by atoms with Crippen LogP contribution in [-0.4, -0.2) is 16.9 Å². The zero-order chi connectivity index (χ0) is 13.4. The number of amides is 1. The van der Waals surface area contributed by atoms with E-state index in [-0.39, 0.29) is 17.9 Å². The van der Waals surface area contributed by atoms with Crippen LogP contribution in [-0.2, 0) is 11.3 Å². The number of aromatic amines is 1. The molecule has 1 fully saturated rings. The van der Waals surface area contributed by atoms with E-state index in [4.69, 9.17) is 10.2 Å². The van der Waals surface area contributed by atoms with Gasteiger partial charge in [0, 0.05) is 18.5 Å². The van der Waals surface area contributed by atoms with Crippen molar-refractivity contribution in [3.63, 3.8) is 0 Å². The Balaban J connectivity index is 1.64. The molecule has 0 bridgehead atoms. The van der Waals surface area contributed by atoms with E-state index in [1.807, 2.05) is 6.07 Å². The smallest absolute Gasteiger partial charge is 0.408 e. The molecular weight excluding hydrogens is 246 g/mol. The van der Waals surface area contributed by atoms with Crippen LogP contribution in [0, 0.1) is 5.92 Å². The molecule has 3 rings (SSSR count). The third-order valence-corrected chi connectivity index (χ3v) is 3.50. The van der Waals surface area contributed by atoms with Gasteiger partial charge in [0.1, 0.15) is 0 Å². The minimum atomic E-state index is -0.473. The number of hydrogen-bond donors (Lipinski definition) is 3. The van der Waals surface area contributed by atoms with Gasteiger partial charge in [0.25, 0.3) is 0 Å². The highest BCUT2D eigenvalue weighted by atomic mass is 16.4. The summed E-state index contributed by atoms with van der Waals surface area (Å²) in [6.07, 6.45) is 1.52. The topological polar surface area (TPSA) is 101 Å². The van der Waals surface area contributed by atoms with Crippen molar-refractivity contribution in [2.24, 2.45) is 11.7 Å². The highest BCUT2D eigenvalue weighted by molar-refractivity contribution is 5.80. The molecule has 1 aliphatic rings. The molecule has 100 valence electrons. The van der Waals surface area contributed by atoms with Crippen molar-refractivity contribution in [3.05, 3.63) is 34.3 Å². The Morgan fingerprint density at radius 3 is 3.00 bits per heavy atom. The van der Waals surface area contributed by atoms with Crippen LogP contribution >= 0.6 is 0 Å². The average molecular weight is 261 g/mol. The molecule has 0 aliphatic heterocycles. The highest BCUT2D eigenvalue weighted by Crippen LogP contribution is 2.25. The molecule has 1 saturated carbocycles. The number of oxazole rings is 1. The van der Waals surface area contributed by atoms with Crippen LogP contribution in [0.4, 0.5) is 0 Å². The van der Waals surface area contributed by atoms with E-state index in [1.165, 1.54) is 0 Å². The molecule has 19 heavy (non-hydrogen) atoms. The highest BCUT2D eigenvalue weighted by Gasteiger charge is 2.31. The molecule has 2 aromatic rings. The quantitative estimate of drug-likeness (QED) is 0.747. The molecule has 0 radical (unpaired) electrons. The lowest BCUT2D eigenvalue weighted by atomic mass is 9.80. The van der Waals surface area contributed by atoms with Crippen molar-refractivity contribution < 1.29 is 9.21 Å². The first-order valence-corrected chi connectivity index (χ1v) is 6.27. The van der Waals surface area contributed by atoms with Gasteiger partial charge in [0.2, 0.25) is 5.91 Å². The number of carbonyl (C=O) groups is 1. The summed E-state index contributed by atoms with van der Waals surface area (Å²) in [5, 5.41) is 2.87. The van der Waals surface area contributed by atoms with Crippen LogP contribution in [0.25, 0.3) is 11.1 Å². The number of carbonyl (C=O) groups excluding carboxylic acids is 1. The molecule has 0 saturated heterocycles. The first-order chi connectivity index (χ1) is 9.11. The van der Waals surface area contributed by atoms with Gasteiger partial charge in [-0.1, -0.05) is 6.07 Å². The summed E-state index contributed by atoms with van der Waals surface area (Å²) in [5.74, 6) is -0.388. The van der Waals surface area contributed by atoms with Crippen LogP contribution in [0.2, 0.25) is 0 Å². The Morgan fingerprint density at radius 1 is 1.47 bits per heavy atom. The van der Waals surface area contributed by atoms with E-state index in [1.54, 1.807) is 12.1 Å². The van der Waals surface area contributed by atoms with Gasteiger partial charge < -0.3 is 15.5 Å². The molecule has 6 heteroatoms. The Morgan fingerprint density at radius 2 is 2.26 bits per heavy atom. The zero-order valence-electron chi connectivity index (χ0n) is 10.3. The Hall–Kier alpha value is -2.08. The van der Waals surface area contributed by atoms with Crippen molar-refractivity contribution in [2.75, 3.05) is 0 Å². The van der Waals surface area contributed by atoms with Crippen molar-refractivity contribution in [3.8, 4) is 0 Å². The third kappa shape index (κ3) is 2.39. The van der Waals surface area contributed by atoms with Crippen LogP contribution < -0.4 is 16.8 Å². The minimum Gasteiger partial charge on any atom is -0.408 e. The summed E-state index contributed by atoms with van der Waals surface area (Å²) in [7, 11) is 0. The van der Waals surface area contributed by atoms with E-state index in [9.17, 15) is 9.59 Å². The fourth-order valence-corrected chi connectivity index (χ4v) is 2.31. The maximum atomic E-state index is 11.8. The van der Waals surface area contributed by atoms with Crippen LogP contribution in [0.1, 0.15) is 18.4 Å². The number of rotatable bonds is 3. The second kappa shape index (κ2) is 4.55. The molecule has 6 nitrogen and oxygen atoms in total. The van der Waals surface area contributed by atoms with Crippen molar-refractivity contribution in [1.29, 1.82) is 0 Å². The Labute approximate surface area is 109 Å². The number of aromatic nitrogens is 1. The van der Waals surface area contributed by atoms with Gasteiger partial charge >= 0.3 is 5.76 Å². The number of fused-ring (bicyclic) bond motifs is 1. The van der Waals surface area contributed by atoms with E-state index >= 15 is 0 Å². The minimum absolute atomic E-state index is 0.0392. The summed E-state index contributed by atoms with van der Waals surface area (Å²) in [6.45, 7) is 0.426. The maximum absolute atomic E-state index is 11.8. The predicted molar refractivity (Wildman–Crippen MR) is 69.4 cm³/mol. The van der Waals surface area contributed by atoms with E-state index in [2.05, 4.69) is 10.3 Å². The van der Waals surface area contributed by atoms with Gasteiger partial charge in [-0.3, -0.25) is 9.78 Å². The molecular formula is C13H15N3O3. The Bertz CT molecular complexity index is 667. The number of H-pyrrole nitrogens is 1. The normalized spacial score (nSPS) is 22.2. The monoisotopic (exact) mass is 261 g/mol. The van der Waals surface area contributed by atoms with Gasteiger partial charge in [-0.2, -0.15) is 0 Å². The first kappa shape index (κ1) is 12.0. The molecule has 4 N–H and O–H groups in total. The lowest BCUT2D eigenvalue weighted by Gasteiger charge is -2.31. The fourth-order valence-electron chi connectivity index (χ4n) is 2.31. The fraction of sp³-hybridized carbons (Fsp3) is 0.385. The predicted octanol–water partition coefficient (Wildman–Crippen LogP) is 0.475. The number of hydrogen-bond acceptors (Lipinski definition) is 4. The number of benzene rings is 1. The second-order valence-electron chi connectivity index (χ2n) is 4.99. The lowest BCUT2D eigenvalue weighted by molar-refractivity contribution is -0.128. The summed E-state index contributed by atoms with van der Waals surface area (Å²) in [5.41, 5.74) is 7.71. The lowest BCUT2D eigenvalue weighted by Crippen LogP contribution is -2.44. The second-order valence-corrected chi connectivity index (χ2v) is 4.99. The summed E-state index contributed by atoms with van der Waals surface area (Å²) in [6, 6.07) is 5.53. The standard InChI is InChI=1S/C13H15N3O3/c14-9-4-8(5-9)12(17)15-6-7-1-2-10-11(3-7)19-13(18)16-10/h1-3,8-9H,4-6,14H2,(H,15,17)(H,16,18). The zero-order valence-corrected chi connectivity index (χ0v) is 10.3. The van der Waals surface area contributed by atoms with Gasteiger partial charge in [0.15, 0.2) is 5.58 Å². The number of nitrogens with two attached hydrogens (primary N) is 1.